The van der Waals surface area contributed by atoms with Crippen LogP contribution in [0, 0.1) is 0 Å². The van der Waals surface area contributed by atoms with Crippen molar-refractivity contribution in [2.45, 2.75) is 19.4 Å². The summed E-state index contributed by atoms with van der Waals surface area (Å²) in [4.78, 5) is 16.7. The summed E-state index contributed by atoms with van der Waals surface area (Å²) in [6.07, 6.45) is 2.12. The summed E-state index contributed by atoms with van der Waals surface area (Å²) < 4.78 is 14.7. The predicted molar refractivity (Wildman–Crippen MR) is 118 cm³/mol. The Kier molecular flexibility index (Phi) is 5.50. The molecule has 2 aliphatic heterocycles. The van der Waals surface area contributed by atoms with E-state index in [4.69, 9.17) is 4.74 Å². The molecular weight excluding hydrogens is 398 g/mol. The van der Waals surface area contributed by atoms with E-state index in [1.807, 2.05) is 24.3 Å². The van der Waals surface area contributed by atoms with Gasteiger partial charge in [0.25, 0.3) is 5.91 Å². The van der Waals surface area contributed by atoms with Crippen LogP contribution in [0.15, 0.2) is 36.4 Å². The Morgan fingerprint density at radius 1 is 1.07 bits per heavy atom. The van der Waals surface area contributed by atoms with Gasteiger partial charge in [-0.05, 0) is 49.2 Å². The third-order valence-corrected chi connectivity index (χ3v) is 6.42. The molecule has 1 aromatic heterocycles. The van der Waals surface area contributed by atoms with Crippen LogP contribution in [0.2, 0.25) is 0 Å². The molecule has 0 atom stereocenters. The quantitative estimate of drug-likeness (QED) is 0.589. The van der Waals surface area contributed by atoms with Gasteiger partial charge in [-0.1, -0.05) is 12.1 Å². The number of piperazine rings is 1. The number of nitrogens with zero attached hydrogens (tertiary/aromatic N) is 4. The summed E-state index contributed by atoms with van der Waals surface area (Å²) in [6, 6.07) is 12.0. The number of anilines is 1. The van der Waals surface area contributed by atoms with Crippen molar-refractivity contribution in [1.82, 2.24) is 19.0 Å². The summed E-state index contributed by atoms with van der Waals surface area (Å²) in [6.45, 7) is 6.56. The number of unbranched alkanes of at least 4 members (excludes halogenated alkanes) is 1. The lowest BCUT2D eigenvalue weighted by Gasteiger charge is -2.36. The number of benzene rings is 2. The Hall–Kier alpha value is -2.71. The van der Waals surface area contributed by atoms with Crippen LogP contribution in [0.5, 0.6) is 5.75 Å². The molecule has 1 amide bonds. The van der Waals surface area contributed by atoms with Crippen LogP contribution < -0.4 is 15.0 Å². The Morgan fingerprint density at radius 2 is 1.97 bits per heavy atom. The van der Waals surface area contributed by atoms with E-state index in [0.29, 0.717) is 13.2 Å². The summed E-state index contributed by atoms with van der Waals surface area (Å²) in [5, 5.41) is 2.84. The van der Waals surface area contributed by atoms with Crippen LogP contribution in [0.3, 0.4) is 0 Å². The minimum absolute atomic E-state index is 0.00290. The number of ether oxygens (including phenoxy) is 1. The molecule has 0 spiro atoms. The zero-order valence-corrected chi connectivity index (χ0v) is 17.7. The number of hydrogen-bond acceptors (Lipinski definition) is 7. The fourth-order valence-electron chi connectivity index (χ4n) is 4.17. The Labute approximate surface area is 180 Å². The number of carbonyl (C=O) groups is 1. The molecule has 0 unspecified atom stereocenters. The van der Waals surface area contributed by atoms with E-state index >= 15 is 0 Å². The summed E-state index contributed by atoms with van der Waals surface area (Å²) in [5.74, 6) is 0.780. The molecule has 1 fully saturated rings. The van der Waals surface area contributed by atoms with Gasteiger partial charge in [-0.3, -0.25) is 9.69 Å². The first-order valence-corrected chi connectivity index (χ1v) is 11.2. The molecule has 156 valence electrons. The normalized spacial score (nSPS) is 16.7. The standard InChI is InChI=1S/C22H25N5O2S/c28-22-18-14-17(7-6-16(18)15-23-22)29-13-2-1-8-26-9-11-27(12-10-26)20-5-3-4-19-21(20)25-30-24-19/h3-7,14H,1-2,8-13,15H2,(H,23,28). The van der Waals surface area contributed by atoms with Gasteiger partial charge in [-0.15, -0.1) is 0 Å². The van der Waals surface area contributed by atoms with Crippen LogP contribution in [0.1, 0.15) is 28.8 Å². The van der Waals surface area contributed by atoms with Gasteiger partial charge in [0.1, 0.15) is 16.8 Å². The van der Waals surface area contributed by atoms with Gasteiger partial charge in [-0.25, -0.2) is 0 Å². The van der Waals surface area contributed by atoms with E-state index in [1.165, 1.54) is 17.4 Å². The first-order valence-electron chi connectivity index (χ1n) is 10.5. The Balaban J connectivity index is 1.04. The number of hydrogen-bond donors (Lipinski definition) is 1. The maximum atomic E-state index is 11.8. The molecule has 0 radical (unpaired) electrons. The largest absolute Gasteiger partial charge is 0.494 e. The minimum atomic E-state index is -0.00290. The minimum Gasteiger partial charge on any atom is -0.494 e. The van der Waals surface area contributed by atoms with Crippen LogP contribution in [0.25, 0.3) is 11.0 Å². The van der Waals surface area contributed by atoms with Crippen molar-refractivity contribution < 1.29 is 9.53 Å². The van der Waals surface area contributed by atoms with Crippen molar-refractivity contribution in [2.75, 3.05) is 44.2 Å². The van der Waals surface area contributed by atoms with Crippen molar-refractivity contribution in [2.24, 2.45) is 0 Å². The lowest BCUT2D eigenvalue weighted by atomic mass is 10.1. The topological polar surface area (TPSA) is 70.6 Å². The number of fused-ring (bicyclic) bond motifs is 2. The first kappa shape index (κ1) is 19.3. The average Bonchev–Trinajstić information content (AvgIpc) is 3.41. The zero-order valence-electron chi connectivity index (χ0n) is 16.8. The highest BCUT2D eigenvalue weighted by molar-refractivity contribution is 7.00. The zero-order chi connectivity index (χ0) is 20.3. The fraction of sp³-hybridized carbons (Fsp3) is 0.409. The lowest BCUT2D eigenvalue weighted by Crippen LogP contribution is -2.46. The molecule has 1 saturated heterocycles. The fourth-order valence-corrected chi connectivity index (χ4v) is 4.71. The predicted octanol–water partition coefficient (Wildman–Crippen LogP) is 2.92. The van der Waals surface area contributed by atoms with Crippen LogP contribution in [0.4, 0.5) is 5.69 Å². The van der Waals surface area contributed by atoms with Gasteiger partial charge in [0, 0.05) is 38.3 Å². The number of amides is 1. The van der Waals surface area contributed by atoms with E-state index in [1.54, 1.807) is 0 Å². The van der Waals surface area contributed by atoms with Gasteiger partial charge in [0.2, 0.25) is 0 Å². The third kappa shape index (κ3) is 3.97. The third-order valence-electron chi connectivity index (χ3n) is 5.88. The molecule has 0 saturated carbocycles. The van der Waals surface area contributed by atoms with Crippen molar-refractivity contribution in [3.63, 3.8) is 0 Å². The molecule has 0 bridgehead atoms. The molecule has 7 nitrogen and oxygen atoms in total. The Morgan fingerprint density at radius 3 is 2.87 bits per heavy atom. The Bertz CT molecular complexity index is 1040. The molecule has 8 heteroatoms. The molecule has 0 aliphatic carbocycles. The highest BCUT2D eigenvalue weighted by Gasteiger charge is 2.20. The second-order valence-electron chi connectivity index (χ2n) is 7.79. The maximum absolute atomic E-state index is 11.8. The van der Waals surface area contributed by atoms with Gasteiger partial charge < -0.3 is 15.0 Å². The van der Waals surface area contributed by atoms with Gasteiger partial charge in [0.15, 0.2) is 0 Å². The smallest absolute Gasteiger partial charge is 0.252 e. The first-order chi connectivity index (χ1) is 14.8. The second-order valence-corrected chi connectivity index (χ2v) is 8.32. The molecular formula is C22H25N5O2S. The molecule has 1 N–H and O–H groups in total. The molecule has 30 heavy (non-hydrogen) atoms. The highest BCUT2D eigenvalue weighted by atomic mass is 32.1. The monoisotopic (exact) mass is 423 g/mol. The number of nitrogens with one attached hydrogen (secondary N) is 1. The van der Waals surface area contributed by atoms with E-state index in [-0.39, 0.29) is 5.91 Å². The molecule has 3 aromatic rings. The highest BCUT2D eigenvalue weighted by Crippen LogP contribution is 2.26. The van der Waals surface area contributed by atoms with E-state index in [2.05, 4.69) is 36.0 Å². The molecule has 2 aromatic carbocycles. The molecule has 5 rings (SSSR count). The summed E-state index contributed by atoms with van der Waals surface area (Å²) >= 11 is 1.28. The van der Waals surface area contributed by atoms with Crippen LogP contribution in [-0.2, 0) is 6.54 Å². The van der Waals surface area contributed by atoms with E-state index < -0.39 is 0 Å². The number of aromatic nitrogens is 2. The van der Waals surface area contributed by atoms with E-state index in [0.717, 1.165) is 73.5 Å². The van der Waals surface area contributed by atoms with Gasteiger partial charge in [0.05, 0.1) is 24.0 Å². The molecule has 3 heterocycles. The number of carbonyl (C=O) groups excluding carboxylic acids is 1. The maximum Gasteiger partial charge on any atom is 0.252 e. The van der Waals surface area contributed by atoms with Crippen molar-refractivity contribution in [3.8, 4) is 5.75 Å². The van der Waals surface area contributed by atoms with Crippen molar-refractivity contribution >= 4 is 34.4 Å². The number of rotatable bonds is 7. The lowest BCUT2D eigenvalue weighted by molar-refractivity contribution is 0.0965. The van der Waals surface area contributed by atoms with Crippen LogP contribution >= 0.6 is 11.7 Å². The second kappa shape index (κ2) is 8.57. The average molecular weight is 424 g/mol. The van der Waals surface area contributed by atoms with E-state index in [9.17, 15) is 4.79 Å². The van der Waals surface area contributed by atoms with Crippen LogP contribution in [-0.4, -0.2) is 58.9 Å². The van der Waals surface area contributed by atoms with Gasteiger partial charge in [-0.2, -0.15) is 8.75 Å². The van der Waals surface area contributed by atoms with Crippen molar-refractivity contribution in [3.05, 3.63) is 47.5 Å². The summed E-state index contributed by atoms with van der Waals surface area (Å²) in [5.41, 5.74) is 5.02. The van der Waals surface area contributed by atoms with Crippen molar-refractivity contribution in [1.29, 1.82) is 0 Å². The molecule has 2 aliphatic rings. The SMILES string of the molecule is O=C1NCc2ccc(OCCCCN3CCN(c4cccc5nsnc45)CC3)cc21. The summed E-state index contributed by atoms with van der Waals surface area (Å²) in [7, 11) is 0. The van der Waals surface area contributed by atoms with Gasteiger partial charge >= 0.3 is 0 Å².